The van der Waals surface area contributed by atoms with Gasteiger partial charge in [0.25, 0.3) is 0 Å². The second kappa shape index (κ2) is 12.9. The van der Waals surface area contributed by atoms with E-state index in [9.17, 15) is 5.11 Å². The lowest BCUT2D eigenvalue weighted by Crippen LogP contribution is -2.31. The Morgan fingerprint density at radius 2 is 1.32 bits per heavy atom. The summed E-state index contributed by atoms with van der Waals surface area (Å²) < 4.78 is 0. The van der Waals surface area contributed by atoms with E-state index < -0.39 is 0 Å². The molecular weight excluding hydrogens is 234 g/mol. The first-order valence-corrected chi connectivity index (χ1v) is 8.51. The summed E-state index contributed by atoms with van der Waals surface area (Å²) in [5, 5.41) is 10.1. The Labute approximate surface area is 121 Å². The number of aliphatic hydroxyl groups excluding tert-OH is 1. The highest BCUT2D eigenvalue weighted by Crippen LogP contribution is 2.19. The Balaban J connectivity index is 3.38. The lowest BCUT2D eigenvalue weighted by Gasteiger charge is -2.24. The molecule has 2 heteroatoms. The Morgan fingerprint density at radius 3 is 1.74 bits per heavy atom. The summed E-state index contributed by atoms with van der Waals surface area (Å²) >= 11 is 0. The number of nitrogens with two attached hydrogens (primary N) is 1. The molecule has 0 saturated heterocycles. The minimum Gasteiger partial charge on any atom is -0.393 e. The van der Waals surface area contributed by atoms with E-state index in [1.807, 2.05) is 0 Å². The molecule has 116 valence electrons. The predicted octanol–water partition coefficient (Wildman–Crippen LogP) is 4.50. The Morgan fingerprint density at radius 1 is 0.842 bits per heavy atom. The Kier molecular flexibility index (Phi) is 12.9. The number of aliphatic hydroxyl groups is 1. The Bertz CT molecular complexity index is 182. The average Bonchev–Trinajstić information content (AvgIpc) is 2.37. The summed E-state index contributed by atoms with van der Waals surface area (Å²) in [7, 11) is 0. The van der Waals surface area contributed by atoms with Crippen LogP contribution in [0.25, 0.3) is 0 Å². The predicted molar refractivity (Wildman–Crippen MR) is 85.2 cm³/mol. The van der Waals surface area contributed by atoms with Gasteiger partial charge in [-0.25, -0.2) is 0 Å². The maximum Gasteiger partial charge on any atom is 0.0582 e. The van der Waals surface area contributed by atoms with E-state index in [2.05, 4.69) is 20.8 Å². The van der Waals surface area contributed by atoms with Crippen molar-refractivity contribution in [3.8, 4) is 0 Å². The third kappa shape index (κ3) is 10.4. The van der Waals surface area contributed by atoms with Crippen molar-refractivity contribution in [2.45, 2.75) is 91.1 Å². The fraction of sp³-hybridized carbons (Fsp3) is 1.00. The van der Waals surface area contributed by atoms with Crippen LogP contribution >= 0.6 is 0 Å². The second-order valence-corrected chi connectivity index (χ2v) is 6.33. The summed E-state index contributed by atoms with van der Waals surface area (Å²) in [6.07, 6.45) is 12.8. The molecule has 0 heterocycles. The van der Waals surface area contributed by atoms with Crippen LogP contribution in [0, 0.1) is 11.8 Å². The molecule has 0 aliphatic carbocycles. The molecule has 0 fully saturated rings. The van der Waals surface area contributed by atoms with Crippen LogP contribution in [0.2, 0.25) is 0 Å². The van der Waals surface area contributed by atoms with E-state index in [0.717, 1.165) is 12.8 Å². The van der Waals surface area contributed by atoms with Gasteiger partial charge in [0.1, 0.15) is 0 Å². The van der Waals surface area contributed by atoms with Crippen LogP contribution in [0.15, 0.2) is 0 Å². The van der Waals surface area contributed by atoms with Crippen LogP contribution in [0.4, 0.5) is 0 Å². The first-order valence-electron chi connectivity index (χ1n) is 8.51. The fourth-order valence-electron chi connectivity index (χ4n) is 2.75. The third-order valence-corrected chi connectivity index (χ3v) is 4.23. The SMILES string of the molecule is CCCCCCCCCCCC(O)C(CN)C(C)C. The molecule has 0 aromatic carbocycles. The van der Waals surface area contributed by atoms with Crippen molar-refractivity contribution >= 4 is 0 Å². The normalized spacial score (nSPS) is 14.8. The highest BCUT2D eigenvalue weighted by molar-refractivity contribution is 4.72. The highest BCUT2D eigenvalue weighted by Gasteiger charge is 2.20. The molecule has 0 aliphatic heterocycles. The quantitative estimate of drug-likeness (QED) is 0.484. The molecular formula is C17H37NO. The van der Waals surface area contributed by atoms with Gasteiger partial charge in [0.2, 0.25) is 0 Å². The maximum atomic E-state index is 10.1. The standard InChI is InChI=1S/C17H37NO/c1-4-5-6-7-8-9-10-11-12-13-17(19)16(14-18)15(2)3/h15-17,19H,4-14,18H2,1-3H3. The highest BCUT2D eigenvalue weighted by atomic mass is 16.3. The van der Waals surface area contributed by atoms with Gasteiger partial charge in [-0.15, -0.1) is 0 Å². The molecule has 2 atom stereocenters. The van der Waals surface area contributed by atoms with Crippen molar-refractivity contribution in [1.82, 2.24) is 0 Å². The zero-order chi connectivity index (χ0) is 14.5. The van der Waals surface area contributed by atoms with E-state index in [1.54, 1.807) is 0 Å². The van der Waals surface area contributed by atoms with Gasteiger partial charge in [0, 0.05) is 0 Å². The molecule has 0 aromatic heterocycles. The monoisotopic (exact) mass is 271 g/mol. The molecule has 0 aliphatic rings. The van der Waals surface area contributed by atoms with E-state index in [1.165, 1.54) is 51.4 Å². The third-order valence-electron chi connectivity index (χ3n) is 4.23. The fourth-order valence-corrected chi connectivity index (χ4v) is 2.75. The summed E-state index contributed by atoms with van der Waals surface area (Å²) in [6.45, 7) is 7.17. The smallest absolute Gasteiger partial charge is 0.0582 e. The van der Waals surface area contributed by atoms with Gasteiger partial charge < -0.3 is 10.8 Å². The van der Waals surface area contributed by atoms with Crippen LogP contribution in [-0.4, -0.2) is 17.8 Å². The zero-order valence-electron chi connectivity index (χ0n) is 13.5. The minimum atomic E-state index is -0.199. The van der Waals surface area contributed by atoms with E-state index in [-0.39, 0.29) is 12.0 Å². The van der Waals surface area contributed by atoms with E-state index in [0.29, 0.717) is 12.5 Å². The van der Waals surface area contributed by atoms with Crippen molar-refractivity contribution in [1.29, 1.82) is 0 Å². The number of hydrogen-bond donors (Lipinski definition) is 2. The lowest BCUT2D eigenvalue weighted by atomic mass is 9.87. The van der Waals surface area contributed by atoms with Crippen LogP contribution < -0.4 is 5.73 Å². The number of rotatable bonds is 13. The molecule has 0 saturated carbocycles. The molecule has 0 bridgehead atoms. The van der Waals surface area contributed by atoms with Crippen LogP contribution in [0.3, 0.4) is 0 Å². The van der Waals surface area contributed by atoms with Gasteiger partial charge in [-0.3, -0.25) is 0 Å². The summed E-state index contributed by atoms with van der Waals surface area (Å²) in [5.41, 5.74) is 5.72. The number of hydrogen-bond acceptors (Lipinski definition) is 2. The summed E-state index contributed by atoms with van der Waals surface area (Å²) in [6, 6.07) is 0. The van der Waals surface area contributed by atoms with Gasteiger partial charge in [0.05, 0.1) is 6.10 Å². The average molecular weight is 271 g/mol. The minimum absolute atomic E-state index is 0.199. The molecule has 0 amide bonds. The molecule has 0 aromatic rings. The zero-order valence-corrected chi connectivity index (χ0v) is 13.5. The van der Waals surface area contributed by atoms with E-state index in [4.69, 9.17) is 5.73 Å². The first kappa shape index (κ1) is 18.9. The molecule has 2 unspecified atom stereocenters. The largest absolute Gasteiger partial charge is 0.393 e. The molecule has 3 N–H and O–H groups in total. The molecule has 19 heavy (non-hydrogen) atoms. The van der Waals surface area contributed by atoms with Crippen molar-refractivity contribution < 1.29 is 5.11 Å². The van der Waals surface area contributed by atoms with Crippen molar-refractivity contribution in [2.75, 3.05) is 6.54 Å². The van der Waals surface area contributed by atoms with E-state index >= 15 is 0 Å². The second-order valence-electron chi connectivity index (χ2n) is 6.33. The molecule has 2 nitrogen and oxygen atoms in total. The molecule has 0 spiro atoms. The molecule has 0 rings (SSSR count). The van der Waals surface area contributed by atoms with Crippen molar-refractivity contribution in [2.24, 2.45) is 17.6 Å². The Hall–Kier alpha value is -0.0800. The first-order chi connectivity index (χ1) is 9.13. The number of unbranched alkanes of at least 4 members (excludes halogenated alkanes) is 8. The topological polar surface area (TPSA) is 46.2 Å². The van der Waals surface area contributed by atoms with Gasteiger partial charge in [0.15, 0.2) is 0 Å². The summed E-state index contributed by atoms with van der Waals surface area (Å²) in [5.74, 6) is 0.757. The maximum absolute atomic E-state index is 10.1. The van der Waals surface area contributed by atoms with Crippen LogP contribution in [0.1, 0.15) is 85.0 Å². The molecule has 0 radical (unpaired) electrons. The van der Waals surface area contributed by atoms with Gasteiger partial charge >= 0.3 is 0 Å². The lowest BCUT2D eigenvalue weighted by molar-refractivity contribution is 0.0758. The van der Waals surface area contributed by atoms with Crippen molar-refractivity contribution in [3.63, 3.8) is 0 Å². The van der Waals surface area contributed by atoms with Gasteiger partial charge in [-0.2, -0.15) is 0 Å². The van der Waals surface area contributed by atoms with Crippen LogP contribution in [0.5, 0.6) is 0 Å². The van der Waals surface area contributed by atoms with Crippen molar-refractivity contribution in [3.05, 3.63) is 0 Å². The van der Waals surface area contributed by atoms with Gasteiger partial charge in [-0.1, -0.05) is 78.6 Å². The van der Waals surface area contributed by atoms with Crippen LogP contribution in [-0.2, 0) is 0 Å². The van der Waals surface area contributed by atoms with Gasteiger partial charge in [-0.05, 0) is 24.8 Å². The summed E-state index contributed by atoms with van der Waals surface area (Å²) in [4.78, 5) is 0.